The highest BCUT2D eigenvalue weighted by molar-refractivity contribution is 5.35. The SMILES string of the molecule is OCC(NCc1cccc(-n2cccn2)c1)c1ccccc1. The Labute approximate surface area is 130 Å². The summed E-state index contributed by atoms with van der Waals surface area (Å²) >= 11 is 0. The Hall–Kier alpha value is -2.43. The summed E-state index contributed by atoms with van der Waals surface area (Å²) < 4.78 is 1.84. The van der Waals surface area contributed by atoms with Crippen molar-refractivity contribution in [3.8, 4) is 5.69 Å². The highest BCUT2D eigenvalue weighted by Crippen LogP contribution is 2.14. The summed E-state index contributed by atoms with van der Waals surface area (Å²) in [6, 6.07) is 20.0. The van der Waals surface area contributed by atoms with Gasteiger partial charge in [0.05, 0.1) is 18.3 Å². The van der Waals surface area contributed by atoms with Gasteiger partial charge in [0, 0.05) is 18.9 Å². The lowest BCUT2D eigenvalue weighted by molar-refractivity contribution is 0.243. The first kappa shape index (κ1) is 14.5. The van der Waals surface area contributed by atoms with Crippen molar-refractivity contribution in [2.45, 2.75) is 12.6 Å². The number of aromatic nitrogens is 2. The van der Waals surface area contributed by atoms with Gasteiger partial charge in [0.1, 0.15) is 0 Å². The molecule has 2 N–H and O–H groups in total. The molecule has 1 aromatic heterocycles. The van der Waals surface area contributed by atoms with Gasteiger partial charge >= 0.3 is 0 Å². The van der Waals surface area contributed by atoms with Crippen LogP contribution < -0.4 is 5.32 Å². The Morgan fingerprint density at radius 2 is 1.91 bits per heavy atom. The van der Waals surface area contributed by atoms with E-state index in [1.807, 2.05) is 59.4 Å². The highest BCUT2D eigenvalue weighted by atomic mass is 16.3. The van der Waals surface area contributed by atoms with E-state index in [-0.39, 0.29) is 12.6 Å². The standard InChI is InChI=1S/C18H19N3O/c22-14-18(16-7-2-1-3-8-16)19-13-15-6-4-9-17(12-15)21-11-5-10-20-21/h1-12,18-19,22H,13-14H2. The number of hydrogen-bond acceptors (Lipinski definition) is 3. The maximum atomic E-state index is 9.59. The quantitative estimate of drug-likeness (QED) is 0.734. The first-order valence-corrected chi connectivity index (χ1v) is 7.35. The molecule has 1 atom stereocenters. The molecule has 3 aromatic rings. The third-order valence-electron chi connectivity index (χ3n) is 3.62. The molecule has 3 rings (SSSR count). The van der Waals surface area contributed by atoms with Crippen LogP contribution in [0.5, 0.6) is 0 Å². The largest absolute Gasteiger partial charge is 0.394 e. The van der Waals surface area contributed by atoms with Crippen LogP contribution in [0, 0.1) is 0 Å². The van der Waals surface area contributed by atoms with Gasteiger partial charge in [0.15, 0.2) is 0 Å². The fraction of sp³-hybridized carbons (Fsp3) is 0.167. The van der Waals surface area contributed by atoms with Crippen molar-refractivity contribution in [1.29, 1.82) is 0 Å². The Kier molecular flexibility index (Phi) is 4.63. The van der Waals surface area contributed by atoms with Crippen LogP contribution in [0.2, 0.25) is 0 Å². The van der Waals surface area contributed by atoms with Crippen molar-refractivity contribution in [1.82, 2.24) is 15.1 Å². The average molecular weight is 293 g/mol. The zero-order valence-corrected chi connectivity index (χ0v) is 12.3. The number of hydrogen-bond donors (Lipinski definition) is 2. The van der Waals surface area contributed by atoms with Crippen LogP contribution in [0.4, 0.5) is 0 Å². The lowest BCUT2D eigenvalue weighted by Gasteiger charge is -2.17. The Morgan fingerprint density at radius 3 is 2.64 bits per heavy atom. The number of nitrogens with one attached hydrogen (secondary N) is 1. The molecule has 0 saturated carbocycles. The molecule has 1 unspecified atom stereocenters. The fourth-order valence-corrected chi connectivity index (χ4v) is 2.44. The fourth-order valence-electron chi connectivity index (χ4n) is 2.44. The van der Waals surface area contributed by atoms with Crippen molar-refractivity contribution in [3.05, 3.63) is 84.2 Å². The van der Waals surface area contributed by atoms with Crippen LogP contribution in [0.3, 0.4) is 0 Å². The summed E-state index contributed by atoms with van der Waals surface area (Å²) in [6.45, 7) is 0.762. The van der Waals surface area contributed by atoms with Crippen molar-refractivity contribution in [2.75, 3.05) is 6.61 Å². The molecule has 0 bridgehead atoms. The van der Waals surface area contributed by atoms with Crippen LogP contribution in [-0.4, -0.2) is 21.5 Å². The maximum absolute atomic E-state index is 9.59. The summed E-state index contributed by atoms with van der Waals surface area (Å²) in [5.41, 5.74) is 3.28. The van der Waals surface area contributed by atoms with Crippen molar-refractivity contribution >= 4 is 0 Å². The zero-order valence-electron chi connectivity index (χ0n) is 12.3. The zero-order chi connectivity index (χ0) is 15.2. The van der Waals surface area contributed by atoms with Crippen molar-refractivity contribution in [3.63, 3.8) is 0 Å². The minimum absolute atomic E-state index is 0.0606. The summed E-state index contributed by atoms with van der Waals surface area (Å²) in [4.78, 5) is 0. The molecule has 0 saturated heterocycles. The Morgan fingerprint density at radius 1 is 1.05 bits per heavy atom. The third-order valence-corrected chi connectivity index (χ3v) is 3.62. The van der Waals surface area contributed by atoms with E-state index in [9.17, 15) is 5.11 Å². The van der Waals surface area contributed by atoms with Gasteiger partial charge in [-0.1, -0.05) is 42.5 Å². The predicted molar refractivity (Wildman–Crippen MR) is 86.7 cm³/mol. The molecule has 0 aliphatic carbocycles. The van der Waals surface area contributed by atoms with Gasteiger partial charge < -0.3 is 10.4 Å². The van der Waals surface area contributed by atoms with Crippen molar-refractivity contribution < 1.29 is 5.11 Å². The minimum Gasteiger partial charge on any atom is -0.394 e. The van der Waals surface area contributed by atoms with E-state index in [0.29, 0.717) is 6.54 Å². The van der Waals surface area contributed by atoms with E-state index in [2.05, 4.69) is 22.5 Å². The second kappa shape index (κ2) is 7.02. The van der Waals surface area contributed by atoms with Crippen molar-refractivity contribution in [2.24, 2.45) is 0 Å². The highest BCUT2D eigenvalue weighted by Gasteiger charge is 2.09. The molecule has 0 aliphatic heterocycles. The minimum atomic E-state index is -0.0606. The Bertz CT molecular complexity index is 695. The van der Waals surface area contributed by atoms with E-state index in [0.717, 1.165) is 16.8 Å². The second-order valence-corrected chi connectivity index (χ2v) is 5.15. The normalized spacial score (nSPS) is 12.2. The second-order valence-electron chi connectivity index (χ2n) is 5.15. The van der Waals surface area contributed by atoms with E-state index >= 15 is 0 Å². The van der Waals surface area contributed by atoms with Crippen LogP contribution >= 0.6 is 0 Å². The van der Waals surface area contributed by atoms with Gasteiger partial charge in [-0.15, -0.1) is 0 Å². The third kappa shape index (κ3) is 3.42. The van der Waals surface area contributed by atoms with Crippen LogP contribution in [0.1, 0.15) is 17.2 Å². The molecule has 0 amide bonds. The molecule has 0 radical (unpaired) electrons. The van der Waals surface area contributed by atoms with Gasteiger partial charge in [-0.25, -0.2) is 4.68 Å². The van der Waals surface area contributed by atoms with Crippen LogP contribution in [-0.2, 0) is 6.54 Å². The molecule has 0 spiro atoms. The summed E-state index contributed by atoms with van der Waals surface area (Å²) in [7, 11) is 0. The van der Waals surface area contributed by atoms with Crippen LogP contribution in [0.25, 0.3) is 5.69 Å². The number of aliphatic hydroxyl groups excluding tert-OH is 1. The predicted octanol–water partition coefficient (Wildman–Crippen LogP) is 2.70. The van der Waals surface area contributed by atoms with Gasteiger partial charge in [-0.2, -0.15) is 5.10 Å². The molecule has 4 nitrogen and oxygen atoms in total. The van der Waals surface area contributed by atoms with Crippen LogP contribution in [0.15, 0.2) is 73.1 Å². The summed E-state index contributed by atoms with van der Waals surface area (Å²) in [6.07, 6.45) is 3.69. The molecule has 2 aromatic carbocycles. The summed E-state index contributed by atoms with van der Waals surface area (Å²) in [5.74, 6) is 0. The monoisotopic (exact) mass is 293 g/mol. The smallest absolute Gasteiger partial charge is 0.0648 e. The molecule has 22 heavy (non-hydrogen) atoms. The Balaban J connectivity index is 1.70. The molecule has 4 heteroatoms. The van der Waals surface area contributed by atoms with E-state index in [1.165, 1.54) is 0 Å². The molecule has 112 valence electrons. The van der Waals surface area contributed by atoms with E-state index in [4.69, 9.17) is 0 Å². The lowest BCUT2D eigenvalue weighted by atomic mass is 10.1. The van der Waals surface area contributed by atoms with Gasteiger partial charge in [-0.3, -0.25) is 0 Å². The molecule has 0 aliphatic rings. The van der Waals surface area contributed by atoms with Gasteiger partial charge in [0.25, 0.3) is 0 Å². The topological polar surface area (TPSA) is 50.1 Å². The first-order valence-electron chi connectivity index (χ1n) is 7.35. The first-order chi connectivity index (χ1) is 10.9. The number of rotatable bonds is 6. The average Bonchev–Trinajstić information content (AvgIpc) is 3.11. The number of benzene rings is 2. The molecule has 0 fully saturated rings. The van der Waals surface area contributed by atoms with E-state index in [1.54, 1.807) is 6.20 Å². The summed E-state index contributed by atoms with van der Waals surface area (Å²) in [5, 5.41) is 17.2. The lowest BCUT2D eigenvalue weighted by Crippen LogP contribution is -2.24. The van der Waals surface area contributed by atoms with Gasteiger partial charge in [-0.05, 0) is 29.3 Å². The number of aliphatic hydroxyl groups is 1. The maximum Gasteiger partial charge on any atom is 0.0648 e. The molecular formula is C18H19N3O. The molecular weight excluding hydrogens is 274 g/mol. The van der Waals surface area contributed by atoms with Gasteiger partial charge in [0.2, 0.25) is 0 Å². The number of nitrogens with zero attached hydrogens (tertiary/aromatic N) is 2. The molecule has 1 heterocycles. The van der Waals surface area contributed by atoms with E-state index < -0.39 is 0 Å².